The number of hydrogen-bond acceptors (Lipinski definition) is 5. The summed E-state index contributed by atoms with van der Waals surface area (Å²) in [6.45, 7) is 3.69. The molecule has 0 aromatic heterocycles. The predicted octanol–water partition coefficient (Wildman–Crippen LogP) is 2.15. The summed E-state index contributed by atoms with van der Waals surface area (Å²) in [4.78, 5) is 14.7. The largest absolute Gasteiger partial charge is 0.495 e. The Hall–Kier alpha value is -1.68. The Morgan fingerprint density at radius 3 is 2.40 bits per heavy atom. The quantitative estimate of drug-likeness (QED) is 0.705. The van der Waals surface area contributed by atoms with Gasteiger partial charge in [0.15, 0.2) is 0 Å². The number of benzene rings is 1. The Labute approximate surface area is 180 Å². The summed E-state index contributed by atoms with van der Waals surface area (Å²) in [6.07, 6.45) is 5.26. The second-order valence-corrected chi connectivity index (χ2v) is 10.1. The molecule has 8 nitrogen and oxygen atoms in total. The maximum atomic E-state index is 13.0. The molecule has 0 radical (unpaired) electrons. The Bertz CT molecular complexity index is 818. The van der Waals surface area contributed by atoms with Crippen molar-refractivity contribution >= 4 is 21.8 Å². The molecular weight excluding hydrogens is 404 g/mol. The molecule has 9 heteroatoms. The third-order valence-electron chi connectivity index (χ3n) is 6.34. The molecule has 1 aliphatic carbocycles. The van der Waals surface area contributed by atoms with E-state index in [0.717, 1.165) is 25.7 Å². The van der Waals surface area contributed by atoms with Crippen LogP contribution in [0.4, 0.5) is 5.69 Å². The van der Waals surface area contributed by atoms with Crippen molar-refractivity contribution in [1.82, 2.24) is 13.5 Å². The van der Waals surface area contributed by atoms with Gasteiger partial charge in [0.1, 0.15) is 5.75 Å². The van der Waals surface area contributed by atoms with Gasteiger partial charge in [-0.05, 0) is 31.9 Å². The highest BCUT2D eigenvalue weighted by Gasteiger charge is 2.36. The van der Waals surface area contributed by atoms with Gasteiger partial charge in [0.25, 0.3) is 10.2 Å². The number of carbonyl (C=O) groups excluding carboxylic acids is 1. The second-order valence-electron chi connectivity index (χ2n) is 8.12. The minimum absolute atomic E-state index is 0.104. The summed E-state index contributed by atoms with van der Waals surface area (Å²) < 4.78 is 34.5. The molecule has 1 saturated carbocycles. The van der Waals surface area contributed by atoms with Crippen LogP contribution in [0.5, 0.6) is 5.75 Å². The van der Waals surface area contributed by atoms with Crippen molar-refractivity contribution in [3.8, 4) is 5.75 Å². The number of piperazine rings is 1. The fourth-order valence-corrected chi connectivity index (χ4v) is 5.86. The molecule has 1 saturated heterocycles. The molecule has 1 unspecified atom stereocenters. The lowest BCUT2D eigenvalue weighted by Crippen LogP contribution is -2.57. The zero-order valence-electron chi connectivity index (χ0n) is 18.2. The lowest BCUT2D eigenvalue weighted by molar-refractivity contribution is -0.121. The predicted molar refractivity (Wildman–Crippen MR) is 118 cm³/mol. The number of carbonyl (C=O) groups is 1. The topological polar surface area (TPSA) is 82.2 Å². The molecule has 30 heavy (non-hydrogen) atoms. The molecule has 3 rings (SSSR count). The van der Waals surface area contributed by atoms with Gasteiger partial charge in [0.05, 0.1) is 18.8 Å². The summed E-state index contributed by atoms with van der Waals surface area (Å²) in [7, 11) is -0.188. The van der Waals surface area contributed by atoms with Gasteiger partial charge in [-0.25, -0.2) is 0 Å². The zero-order valence-corrected chi connectivity index (χ0v) is 19.0. The molecule has 1 N–H and O–H groups in total. The third-order valence-corrected chi connectivity index (χ3v) is 8.39. The van der Waals surface area contributed by atoms with Crippen molar-refractivity contribution in [1.29, 1.82) is 0 Å². The van der Waals surface area contributed by atoms with E-state index in [1.54, 1.807) is 34.9 Å². The number of para-hydroxylation sites is 2. The van der Waals surface area contributed by atoms with Gasteiger partial charge in [-0.1, -0.05) is 31.4 Å². The number of hydrogen-bond donors (Lipinski definition) is 1. The minimum Gasteiger partial charge on any atom is -0.495 e. The van der Waals surface area contributed by atoms with E-state index in [1.807, 2.05) is 24.0 Å². The van der Waals surface area contributed by atoms with Crippen molar-refractivity contribution in [3.05, 3.63) is 24.3 Å². The molecule has 1 atom stereocenters. The van der Waals surface area contributed by atoms with Crippen LogP contribution in [0, 0.1) is 0 Å². The van der Waals surface area contributed by atoms with E-state index in [2.05, 4.69) is 5.32 Å². The number of ether oxygens (including phenoxy) is 1. The van der Waals surface area contributed by atoms with Crippen LogP contribution in [0.1, 0.15) is 39.0 Å². The van der Waals surface area contributed by atoms with Crippen LogP contribution in [0.15, 0.2) is 24.3 Å². The van der Waals surface area contributed by atoms with Gasteiger partial charge < -0.3 is 10.1 Å². The second kappa shape index (κ2) is 10.1. The van der Waals surface area contributed by atoms with Crippen LogP contribution in [0.3, 0.4) is 0 Å². The van der Waals surface area contributed by atoms with E-state index in [0.29, 0.717) is 37.6 Å². The highest BCUT2D eigenvalue weighted by molar-refractivity contribution is 7.86. The summed E-state index contributed by atoms with van der Waals surface area (Å²) in [5.74, 6) is 0.481. The van der Waals surface area contributed by atoms with Gasteiger partial charge in [0.2, 0.25) is 5.91 Å². The third kappa shape index (κ3) is 5.14. The average molecular weight is 439 g/mol. The van der Waals surface area contributed by atoms with Crippen LogP contribution in [0.25, 0.3) is 0 Å². The van der Waals surface area contributed by atoms with Crippen molar-refractivity contribution in [2.24, 2.45) is 0 Å². The molecule has 2 fully saturated rings. The monoisotopic (exact) mass is 438 g/mol. The summed E-state index contributed by atoms with van der Waals surface area (Å²) in [5, 5.41) is 2.92. The first-order valence-corrected chi connectivity index (χ1v) is 12.2. The first-order chi connectivity index (χ1) is 14.3. The number of nitrogens with one attached hydrogen (secondary N) is 1. The Morgan fingerprint density at radius 2 is 1.77 bits per heavy atom. The number of nitrogens with zero attached hydrogens (tertiary/aromatic N) is 3. The standard InChI is InChI=1S/C21H34N4O4S/c1-17(21(26)22-19-11-7-8-12-20(19)29-3)24-13-15-25(16-14-24)30(27,28)23(2)18-9-5-4-6-10-18/h7-8,11-12,17-18H,4-6,9-10,13-16H2,1-3H3,(H,22,26). The van der Waals surface area contributed by atoms with E-state index in [4.69, 9.17) is 4.74 Å². The molecule has 1 aromatic carbocycles. The fraction of sp³-hybridized carbons (Fsp3) is 0.667. The van der Waals surface area contributed by atoms with E-state index in [-0.39, 0.29) is 18.0 Å². The highest BCUT2D eigenvalue weighted by atomic mass is 32.2. The Morgan fingerprint density at radius 1 is 1.13 bits per heavy atom. The molecule has 1 amide bonds. The zero-order chi connectivity index (χ0) is 21.7. The molecule has 0 bridgehead atoms. The SMILES string of the molecule is COc1ccccc1NC(=O)C(C)N1CCN(S(=O)(=O)N(C)C2CCCCC2)CC1. The molecular formula is C21H34N4O4S. The first kappa shape index (κ1) is 23.0. The van der Waals surface area contributed by atoms with Crippen molar-refractivity contribution in [2.75, 3.05) is 45.7 Å². The summed E-state index contributed by atoms with van der Waals surface area (Å²) in [5.41, 5.74) is 0.632. The number of amides is 1. The number of rotatable bonds is 7. The van der Waals surface area contributed by atoms with Gasteiger partial charge in [-0.3, -0.25) is 9.69 Å². The smallest absolute Gasteiger partial charge is 0.282 e. The highest BCUT2D eigenvalue weighted by Crippen LogP contribution is 2.26. The lowest BCUT2D eigenvalue weighted by Gasteiger charge is -2.40. The maximum Gasteiger partial charge on any atom is 0.282 e. The van der Waals surface area contributed by atoms with Crippen molar-refractivity contribution in [3.63, 3.8) is 0 Å². The minimum atomic E-state index is -3.47. The summed E-state index contributed by atoms with van der Waals surface area (Å²) in [6, 6.07) is 7.03. The Balaban J connectivity index is 1.55. The normalized spacial score (nSPS) is 20.8. The van der Waals surface area contributed by atoms with Crippen molar-refractivity contribution in [2.45, 2.75) is 51.1 Å². The van der Waals surface area contributed by atoms with Crippen LogP contribution in [-0.4, -0.2) is 80.3 Å². The summed E-state index contributed by atoms with van der Waals surface area (Å²) >= 11 is 0. The molecule has 1 aliphatic heterocycles. The number of methoxy groups -OCH3 is 1. The molecule has 1 heterocycles. The van der Waals surface area contributed by atoms with Crippen LogP contribution < -0.4 is 10.1 Å². The van der Waals surface area contributed by atoms with Gasteiger partial charge >= 0.3 is 0 Å². The lowest BCUT2D eigenvalue weighted by atomic mass is 9.96. The van der Waals surface area contributed by atoms with Crippen LogP contribution >= 0.6 is 0 Å². The molecule has 0 spiro atoms. The van der Waals surface area contributed by atoms with Crippen LogP contribution in [-0.2, 0) is 15.0 Å². The Kier molecular flexibility index (Phi) is 7.73. The fourth-order valence-electron chi connectivity index (χ4n) is 4.29. The molecule has 168 valence electrons. The van der Waals surface area contributed by atoms with Crippen molar-refractivity contribution < 1.29 is 17.9 Å². The first-order valence-electron chi connectivity index (χ1n) is 10.8. The maximum absolute atomic E-state index is 13.0. The average Bonchev–Trinajstić information content (AvgIpc) is 2.79. The van der Waals surface area contributed by atoms with E-state index in [9.17, 15) is 13.2 Å². The molecule has 1 aromatic rings. The van der Waals surface area contributed by atoms with Crippen LogP contribution in [0.2, 0.25) is 0 Å². The van der Waals surface area contributed by atoms with E-state index in [1.165, 1.54) is 6.42 Å². The molecule has 2 aliphatic rings. The van der Waals surface area contributed by atoms with E-state index < -0.39 is 10.2 Å². The van der Waals surface area contributed by atoms with Gasteiger partial charge in [0, 0.05) is 39.3 Å². The van der Waals surface area contributed by atoms with Gasteiger partial charge in [-0.2, -0.15) is 17.0 Å². The van der Waals surface area contributed by atoms with Gasteiger partial charge in [-0.15, -0.1) is 0 Å². The van der Waals surface area contributed by atoms with E-state index >= 15 is 0 Å². The number of anilines is 1.